The first-order chi connectivity index (χ1) is 32.7. The van der Waals surface area contributed by atoms with Gasteiger partial charge in [0, 0.05) is 33.4 Å². The normalized spacial score (nSPS) is 11.6. The number of benzene rings is 12. The summed E-state index contributed by atoms with van der Waals surface area (Å²) in [5.74, 6) is 0. The summed E-state index contributed by atoms with van der Waals surface area (Å²) in [5, 5.41) is 10.1. The number of hydrogen-bond donors (Lipinski definition) is 0. The molecule has 0 aliphatic carbocycles. The van der Waals surface area contributed by atoms with Gasteiger partial charge in [-0.2, -0.15) is 0 Å². The maximum Gasteiger partial charge on any atom is 0.143 e. The molecule has 0 unspecified atom stereocenters. The molecule has 1 aromatic heterocycles. The molecule has 0 amide bonds. The summed E-state index contributed by atoms with van der Waals surface area (Å²) in [5.41, 5.74) is 16.8. The first-order valence-electron chi connectivity index (χ1n) is 22.7. The van der Waals surface area contributed by atoms with Crippen LogP contribution in [0.4, 0.5) is 17.1 Å². The molecular formula is C64H41NO. The molecule has 13 rings (SSSR count). The van der Waals surface area contributed by atoms with Gasteiger partial charge < -0.3 is 9.32 Å². The highest BCUT2D eigenvalue weighted by molar-refractivity contribution is 6.25. The van der Waals surface area contributed by atoms with Crippen molar-refractivity contribution < 1.29 is 4.42 Å². The van der Waals surface area contributed by atoms with Crippen molar-refractivity contribution >= 4 is 71.3 Å². The Balaban J connectivity index is 0.913. The van der Waals surface area contributed by atoms with E-state index >= 15 is 0 Å². The van der Waals surface area contributed by atoms with E-state index in [1.165, 1.54) is 71.3 Å². The van der Waals surface area contributed by atoms with Crippen LogP contribution in [0.3, 0.4) is 0 Å². The zero-order chi connectivity index (χ0) is 43.6. The summed E-state index contributed by atoms with van der Waals surface area (Å²) >= 11 is 0. The Bertz CT molecular complexity index is 3890. The molecule has 2 nitrogen and oxygen atoms in total. The Morgan fingerprint density at radius 2 is 0.803 bits per heavy atom. The predicted octanol–water partition coefficient (Wildman–Crippen LogP) is 18.3. The Labute approximate surface area is 383 Å². The molecule has 0 N–H and O–H groups in total. The summed E-state index contributed by atoms with van der Waals surface area (Å²) < 4.78 is 6.45. The topological polar surface area (TPSA) is 16.4 Å². The molecule has 12 aromatic carbocycles. The molecule has 0 saturated heterocycles. The second kappa shape index (κ2) is 15.5. The highest BCUT2D eigenvalue weighted by atomic mass is 16.3. The van der Waals surface area contributed by atoms with Crippen LogP contribution < -0.4 is 4.90 Å². The minimum Gasteiger partial charge on any atom is -0.455 e. The average molecular weight is 840 g/mol. The van der Waals surface area contributed by atoms with Gasteiger partial charge in [-0.3, -0.25) is 0 Å². The Hall–Kier alpha value is -8.72. The van der Waals surface area contributed by atoms with Crippen molar-refractivity contribution in [3.8, 4) is 55.6 Å². The highest BCUT2D eigenvalue weighted by Crippen LogP contribution is 2.44. The molecule has 0 bridgehead atoms. The van der Waals surface area contributed by atoms with Crippen molar-refractivity contribution in [3.05, 3.63) is 249 Å². The number of anilines is 3. The van der Waals surface area contributed by atoms with Crippen LogP contribution in [0, 0.1) is 0 Å². The van der Waals surface area contributed by atoms with Crippen molar-refractivity contribution in [2.75, 3.05) is 4.90 Å². The van der Waals surface area contributed by atoms with E-state index < -0.39 is 0 Å². The Morgan fingerprint density at radius 1 is 0.258 bits per heavy atom. The molecule has 1 heterocycles. The first-order valence-corrected chi connectivity index (χ1v) is 22.7. The van der Waals surface area contributed by atoms with E-state index in [0.29, 0.717) is 0 Å². The first kappa shape index (κ1) is 37.8. The minimum atomic E-state index is 0.903. The number of hydrogen-bond acceptors (Lipinski definition) is 2. The molecule has 13 aromatic rings. The van der Waals surface area contributed by atoms with Gasteiger partial charge in [0.25, 0.3) is 0 Å². The molecule has 0 aliphatic heterocycles. The van der Waals surface area contributed by atoms with Crippen LogP contribution in [0.15, 0.2) is 253 Å². The van der Waals surface area contributed by atoms with E-state index in [4.69, 9.17) is 4.42 Å². The van der Waals surface area contributed by atoms with E-state index in [2.05, 4.69) is 241 Å². The average Bonchev–Trinajstić information content (AvgIpc) is 3.78. The third-order valence-electron chi connectivity index (χ3n) is 13.4. The highest BCUT2D eigenvalue weighted by Gasteiger charge is 2.19. The fourth-order valence-electron chi connectivity index (χ4n) is 10.3. The quantitative estimate of drug-likeness (QED) is 0.142. The third kappa shape index (κ3) is 6.34. The fourth-order valence-corrected chi connectivity index (χ4v) is 10.3. The number of fused-ring (bicyclic) bond motifs is 3. The van der Waals surface area contributed by atoms with Gasteiger partial charge in [-0.25, -0.2) is 0 Å². The molecular weight excluding hydrogens is 799 g/mol. The van der Waals surface area contributed by atoms with E-state index in [9.17, 15) is 0 Å². The number of furan rings is 1. The zero-order valence-corrected chi connectivity index (χ0v) is 36.0. The van der Waals surface area contributed by atoms with Crippen molar-refractivity contribution in [1.82, 2.24) is 0 Å². The van der Waals surface area contributed by atoms with Crippen LogP contribution >= 0.6 is 0 Å². The monoisotopic (exact) mass is 839 g/mol. The molecule has 0 atom stereocenters. The van der Waals surface area contributed by atoms with Crippen molar-refractivity contribution in [1.29, 1.82) is 0 Å². The smallest absolute Gasteiger partial charge is 0.143 e. The maximum atomic E-state index is 6.45. The second-order valence-corrected chi connectivity index (χ2v) is 17.2. The van der Waals surface area contributed by atoms with Crippen molar-refractivity contribution in [2.45, 2.75) is 0 Å². The van der Waals surface area contributed by atoms with Gasteiger partial charge in [0.1, 0.15) is 11.2 Å². The lowest BCUT2D eigenvalue weighted by Gasteiger charge is -2.26. The van der Waals surface area contributed by atoms with E-state index in [-0.39, 0.29) is 0 Å². The fraction of sp³-hybridized carbons (Fsp3) is 0. The van der Waals surface area contributed by atoms with Crippen LogP contribution in [-0.4, -0.2) is 0 Å². The molecule has 0 radical (unpaired) electrons. The summed E-state index contributed by atoms with van der Waals surface area (Å²) in [4.78, 5) is 2.36. The Kier molecular flexibility index (Phi) is 8.89. The van der Waals surface area contributed by atoms with Gasteiger partial charge in [-0.05, 0) is 131 Å². The van der Waals surface area contributed by atoms with Gasteiger partial charge in [0.2, 0.25) is 0 Å². The summed E-state index contributed by atoms with van der Waals surface area (Å²) in [7, 11) is 0. The van der Waals surface area contributed by atoms with E-state index in [0.717, 1.165) is 55.7 Å². The molecule has 0 saturated carbocycles. The van der Waals surface area contributed by atoms with Crippen LogP contribution in [0.1, 0.15) is 0 Å². The van der Waals surface area contributed by atoms with Crippen LogP contribution in [0.25, 0.3) is 110 Å². The molecule has 0 aliphatic rings. The second-order valence-electron chi connectivity index (χ2n) is 17.2. The maximum absolute atomic E-state index is 6.45. The predicted molar refractivity (Wildman–Crippen MR) is 279 cm³/mol. The lowest BCUT2D eigenvalue weighted by Crippen LogP contribution is -2.10. The number of para-hydroxylation sites is 2. The molecule has 0 fully saturated rings. The standard InChI is InChI=1S/C64H41NO/c1-3-12-42(13-4-1)49-18-10-19-53(40-49)65(52-35-28-45(29-36-52)56-21-11-22-59-57-20-7-8-23-61(57)66-64(56)59)51-33-26-44(27-34-51)54-38-32-50(41-60(54)43-14-5-2-6-15-43)55-37-30-48-25-24-46-16-9-17-47-31-39-58(55)63(48)62(46)47/h1-41H. The van der Waals surface area contributed by atoms with Crippen LogP contribution in [0.2, 0.25) is 0 Å². The van der Waals surface area contributed by atoms with E-state index in [1.807, 2.05) is 12.1 Å². The molecule has 0 spiro atoms. The summed E-state index contributed by atoms with van der Waals surface area (Å²) in [6.07, 6.45) is 0. The lowest BCUT2D eigenvalue weighted by atomic mass is 9.87. The van der Waals surface area contributed by atoms with Crippen LogP contribution in [0.5, 0.6) is 0 Å². The third-order valence-corrected chi connectivity index (χ3v) is 13.4. The van der Waals surface area contributed by atoms with Gasteiger partial charge in [0.05, 0.1) is 0 Å². The number of rotatable bonds is 8. The molecule has 308 valence electrons. The van der Waals surface area contributed by atoms with Crippen LogP contribution in [-0.2, 0) is 0 Å². The minimum absolute atomic E-state index is 0.903. The Morgan fingerprint density at radius 3 is 1.56 bits per heavy atom. The SMILES string of the molecule is c1ccc(-c2cccc(N(c3ccc(-c4ccc(-c5ccc6ccc7cccc8ccc5c6c78)cc4-c4ccccc4)cc3)c3ccc(-c4cccc5c4oc4ccccc45)cc3)c2)cc1. The largest absolute Gasteiger partial charge is 0.455 e. The van der Waals surface area contributed by atoms with Gasteiger partial charge in [-0.15, -0.1) is 0 Å². The summed E-state index contributed by atoms with van der Waals surface area (Å²) in [6, 6.07) is 90.2. The van der Waals surface area contributed by atoms with Crippen molar-refractivity contribution in [3.63, 3.8) is 0 Å². The zero-order valence-electron chi connectivity index (χ0n) is 36.0. The lowest BCUT2D eigenvalue weighted by molar-refractivity contribution is 0.670. The van der Waals surface area contributed by atoms with E-state index in [1.54, 1.807) is 0 Å². The van der Waals surface area contributed by atoms with Crippen molar-refractivity contribution in [2.24, 2.45) is 0 Å². The molecule has 66 heavy (non-hydrogen) atoms. The van der Waals surface area contributed by atoms with Gasteiger partial charge in [-0.1, -0.05) is 200 Å². The summed E-state index contributed by atoms with van der Waals surface area (Å²) in [6.45, 7) is 0. The number of nitrogens with zero attached hydrogens (tertiary/aromatic N) is 1. The molecule has 2 heteroatoms. The van der Waals surface area contributed by atoms with Gasteiger partial charge >= 0.3 is 0 Å². The van der Waals surface area contributed by atoms with Gasteiger partial charge in [0.15, 0.2) is 0 Å².